The molecule has 11 heteroatoms. The van der Waals surface area contributed by atoms with Gasteiger partial charge in [0.25, 0.3) is 0 Å². The second-order valence-corrected chi connectivity index (χ2v) is 10.2. The van der Waals surface area contributed by atoms with Crippen LogP contribution in [0.5, 0.6) is 0 Å². The van der Waals surface area contributed by atoms with Gasteiger partial charge < -0.3 is 29.6 Å². The summed E-state index contributed by atoms with van der Waals surface area (Å²) in [4.78, 5) is 34.4. The number of nitrogens with one attached hydrogen (secondary N) is 2. The van der Waals surface area contributed by atoms with Crippen LogP contribution in [-0.4, -0.2) is 88.6 Å². The van der Waals surface area contributed by atoms with E-state index in [1.807, 2.05) is 11.8 Å². The van der Waals surface area contributed by atoms with Crippen LogP contribution in [0, 0.1) is 11.2 Å². The lowest BCUT2D eigenvalue weighted by Gasteiger charge is -2.41. The SMILES string of the molecule is CCCNc1nccc(-c2[nH]c(C3OCC(C)(C(=O)N4CCN(C)CC4)CO3)nc2-c2ccc(F)cc2)n1. The van der Waals surface area contributed by atoms with E-state index in [0.29, 0.717) is 41.9 Å². The van der Waals surface area contributed by atoms with Crippen LogP contribution in [0.1, 0.15) is 32.4 Å². The highest BCUT2D eigenvalue weighted by atomic mass is 19.1. The predicted octanol–water partition coefficient (Wildman–Crippen LogP) is 3.32. The first-order chi connectivity index (χ1) is 18.4. The van der Waals surface area contributed by atoms with Gasteiger partial charge in [-0.2, -0.15) is 0 Å². The van der Waals surface area contributed by atoms with Crippen molar-refractivity contribution in [3.8, 4) is 22.6 Å². The van der Waals surface area contributed by atoms with Crippen molar-refractivity contribution in [3.05, 3.63) is 48.2 Å². The van der Waals surface area contributed by atoms with E-state index in [9.17, 15) is 9.18 Å². The summed E-state index contributed by atoms with van der Waals surface area (Å²) in [6, 6.07) is 7.92. The summed E-state index contributed by atoms with van der Waals surface area (Å²) in [5.74, 6) is 0.677. The zero-order chi connectivity index (χ0) is 26.7. The molecule has 0 atom stereocenters. The fraction of sp³-hybridized carbons (Fsp3) is 0.481. The maximum atomic E-state index is 13.7. The van der Waals surface area contributed by atoms with E-state index in [2.05, 4.69) is 39.1 Å². The summed E-state index contributed by atoms with van der Waals surface area (Å²) < 4.78 is 25.8. The molecule has 2 N–H and O–H groups in total. The number of rotatable bonds is 7. The largest absolute Gasteiger partial charge is 0.354 e. The van der Waals surface area contributed by atoms with Crippen molar-refractivity contribution in [2.45, 2.75) is 26.6 Å². The number of carbonyl (C=O) groups is 1. The highest BCUT2D eigenvalue weighted by molar-refractivity contribution is 5.83. The summed E-state index contributed by atoms with van der Waals surface area (Å²) in [7, 11) is 2.06. The van der Waals surface area contributed by atoms with Gasteiger partial charge in [-0.3, -0.25) is 4.79 Å². The first-order valence-electron chi connectivity index (χ1n) is 13.0. The number of amides is 1. The first kappa shape index (κ1) is 26.2. The van der Waals surface area contributed by atoms with Gasteiger partial charge in [0.1, 0.15) is 5.82 Å². The van der Waals surface area contributed by atoms with Crippen molar-refractivity contribution in [1.29, 1.82) is 0 Å². The number of hydrogen-bond acceptors (Lipinski definition) is 8. The first-order valence-corrected chi connectivity index (χ1v) is 13.0. The van der Waals surface area contributed by atoms with Crippen molar-refractivity contribution < 1.29 is 18.7 Å². The summed E-state index contributed by atoms with van der Waals surface area (Å²) >= 11 is 0. The van der Waals surface area contributed by atoms with Crippen LogP contribution in [0.2, 0.25) is 0 Å². The van der Waals surface area contributed by atoms with Crippen LogP contribution >= 0.6 is 0 Å². The fourth-order valence-corrected chi connectivity index (χ4v) is 4.61. The van der Waals surface area contributed by atoms with E-state index < -0.39 is 11.7 Å². The normalized spacial score (nSPS) is 22.4. The average Bonchev–Trinajstić information content (AvgIpc) is 3.38. The summed E-state index contributed by atoms with van der Waals surface area (Å²) in [5, 5.41) is 3.20. The van der Waals surface area contributed by atoms with Gasteiger partial charge in [-0.15, -0.1) is 0 Å². The Morgan fingerprint density at radius 3 is 2.53 bits per heavy atom. The van der Waals surface area contributed by atoms with Gasteiger partial charge in [0.2, 0.25) is 18.1 Å². The molecule has 0 radical (unpaired) electrons. The molecule has 4 heterocycles. The Kier molecular flexibility index (Phi) is 7.68. The van der Waals surface area contributed by atoms with E-state index >= 15 is 0 Å². The maximum Gasteiger partial charge on any atom is 0.233 e. The van der Waals surface area contributed by atoms with Gasteiger partial charge >= 0.3 is 0 Å². The van der Waals surface area contributed by atoms with E-state index in [4.69, 9.17) is 14.5 Å². The summed E-state index contributed by atoms with van der Waals surface area (Å²) in [6.45, 7) is 8.23. The Morgan fingerprint density at radius 1 is 1.13 bits per heavy atom. The molecule has 0 aliphatic carbocycles. The number of aromatic nitrogens is 4. The number of ether oxygens (including phenoxy) is 2. The van der Waals surface area contributed by atoms with Crippen LogP contribution in [-0.2, 0) is 14.3 Å². The van der Waals surface area contributed by atoms with Gasteiger partial charge in [0.05, 0.1) is 35.7 Å². The van der Waals surface area contributed by atoms with Crippen LogP contribution in [0.4, 0.5) is 10.3 Å². The topological polar surface area (TPSA) is 108 Å². The smallest absolute Gasteiger partial charge is 0.233 e. The van der Waals surface area contributed by atoms with Crippen molar-refractivity contribution in [2.24, 2.45) is 5.41 Å². The molecule has 1 amide bonds. The standard InChI is InChI=1S/C27H34FN7O3/c1-4-10-29-26-30-11-9-20(31-26)22-21(18-5-7-19(28)8-6-18)32-23(33-22)24-37-16-27(2,17-38-24)25(36)35-14-12-34(3)13-15-35/h5-9,11,24H,4,10,12-17H2,1-3H3,(H,32,33)(H,29,30,31). The molecule has 0 saturated carbocycles. The Labute approximate surface area is 221 Å². The molecule has 2 aromatic heterocycles. The van der Waals surface area contributed by atoms with E-state index in [1.165, 1.54) is 12.1 Å². The molecule has 0 spiro atoms. The Morgan fingerprint density at radius 2 is 1.84 bits per heavy atom. The molecule has 10 nitrogen and oxygen atoms in total. The number of nitrogens with zero attached hydrogens (tertiary/aromatic N) is 5. The van der Waals surface area contributed by atoms with Gasteiger partial charge in [-0.05, 0) is 50.7 Å². The lowest BCUT2D eigenvalue weighted by atomic mass is 9.90. The Balaban J connectivity index is 1.39. The van der Waals surface area contributed by atoms with Crippen LogP contribution in [0.3, 0.4) is 0 Å². The zero-order valence-corrected chi connectivity index (χ0v) is 22.0. The number of piperazine rings is 1. The van der Waals surface area contributed by atoms with Gasteiger partial charge in [-0.1, -0.05) is 6.92 Å². The molecule has 38 heavy (non-hydrogen) atoms. The third-order valence-corrected chi connectivity index (χ3v) is 6.92. The van der Waals surface area contributed by atoms with Crippen LogP contribution in [0.15, 0.2) is 36.5 Å². The summed E-state index contributed by atoms with van der Waals surface area (Å²) in [6.07, 6.45) is 1.84. The molecule has 202 valence electrons. The summed E-state index contributed by atoms with van der Waals surface area (Å²) in [5.41, 5.74) is 1.81. The molecule has 1 aromatic carbocycles. The molecule has 0 bridgehead atoms. The van der Waals surface area contributed by atoms with Gasteiger partial charge in [-0.25, -0.2) is 19.3 Å². The van der Waals surface area contributed by atoms with Crippen LogP contribution < -0.4 is 5.32 Å². The number of aromatic amines is 1. The van der Waals surface area contributed by atoms with Crippen molar-refractivity contribution in [1.82, 2.24) is 29.7 Å². The van der Waals surface area contributed by atoms with Crippen LogP contribution in [0.25, 0.3) is 22.6 Å². The molecule has 0 unspecified atom stereocenters. The molecule has 2 aliphatic rings. The average molecular weight is 524 g/mol. The maximum absolute atomic E-state index is 13.7. The van der Waals surface area contributed by atoms with Gasteiger partial charge in [0, 0.05) is 44.5 Å². The number of H-pyrrole nitrogens is 1. The fourth-order valence-electron chi connectivity index (χ4n) is 4.61. The number of imidazole rings is 1. The second-order valence-electron chi connectivity index (χ2n) is 10.2. The lowest BCUT2D eigenvalue weighted by molar-refractivity contribution is -0.234. The van der Waals surface area contributed by atoms with E-state index in [0.717, 1.165) is 31.6 Å². The van der Waals surface area contributed by atoms with Crippen molar-refractivity contribution in [2.75, 3.05) is 58.3 Å². The quantitative estimate of drug-likeness (QED) is 0.486. The minimum Gasteiger partial charge on any atom is -0.354 e. The highest BCUT2D eigenvalue weighted by Gasteiger charge is 2.43. The number of benzene rings is 1. The Bertz CT molecular complexity index is 1250. The van der Waals surface area contributed by atoms with Crippen molar-refractivity contribution >= 4 is 11.9 Å². The number of halogens is 1. The molecule has 2 saturated heterocycles. The second kappa shape index (κ2) is 11.1. The number of carbonyl (C=O) groups excluding carboxylic acids is 1. The minimum absolute atomic E-state index is 0.0456. The lowest BCUT2D eigenvalue weighted by Crippen LogP contribution is -2.55. The third-order valence-electron chi connectivity index (χ3n) is 6.92. The number of likely N-dealkylation sites (N-methyl/N-ethyl adjacent to an activating group) is 1. The molecule has 3 aromatic rings. The molecular weight excluding hydrogens is 489 g/mol. The number of hydrogen-bond donors (Lipinski definition) is 2. The van der Waals surface area contributed by atoms with E-state index in [1.54, 1.807) is 24.4 Å². The molecule has 2 aliphatic heterocycles. The minimum atomic E-state index is -0.782. The van der Waals surface area contributed by atoms with Gasteiger partial charge in [0.15, 0.2) is 5.82 Å². The predicted molar refractivity (Wildman–Crippen MR) is 141 cm³/mol. The monoisotopic (exact) mass is 523 g/mol. The molecule has 2 fully saturated rings. The molecular formula is C27H34FN7O3. The van der Waals surface area contributed by atoms with Crippen molar-refractivity contribution in [3.63, 3.8) is 0 Å². The molecule has 5 rings (SSSR count). The third kappa shape index (κ3) is 5.54. The Hall–Kier alpha value is -3.41. The number of anilines is 1. The highest BCUT2D eigenvalue weighted by Crippen LogP contribution is 2.36. The zero-order valence-electron chi connectivity index (χ0n) is 22.0. The van der Waals surface area contributed by atoms with E-state index in [-0.39, 0.29) is 24.9 Å².